The molecule has 0 saturated carbocycles. The molecule has 2 radical (unpaired) electrons. The quantitative estimate of drug-likeness (QED) is 0.115. The number of likely N-dealkylation sites (tertiary alicyclic amines) is 4. The second kappa shape index (κ2) is 30.6. The van der Waals surface area contributed by atoms with Gasteiger partial charge in [-0.15, -0.1) is 0 Å². The van der Waals surface area contributed by atoms with Gasteiger partial charge in [0.15, 0.2) is 0 Å². The van der Waals surface area contributed by atoms with Gasteiger partial charge in [0.25, 0.3) is 11.8 Å². The van der Waals surface area contributed by atoms with E-state index in [1.165, 1.54) is 37.1 Å². The molecule has 2 unspecified atom stereocenters. The second-order valence-corrected chi connectivity index (χ2v) is 20.5. The minimum atomic E-state index is -1.55. The number of aromatic nitrogens is 2. The van der Waals surface area contributed by atoms with Gasteiger partial charge in [0.2, 0.25) is 11.8 Å². The van der Waals surface area contributed by atoms with E-state index >= 15 is 8.78 Å². The van der Waals surface area contributed by atoms with E-state index in [2.05, 4.69) is 18.7 Å². The van der Waals surface area contributed by atoms with Crippen molar-refractivity contribution in [3.63, 3.8) is 0 Å². The van der Waals surface area contributed by atoms with Crippen molar-refractivity contribution in [1.29, 1.82) is 11.9 Å². The standard InChI is InChI=1S/C28H31FN4O4.C21H22FN3O.C10H13N3O3.CH3F.BH.U/c1-18-14-19(2)25(31-27(36)37-23-8-11-33(17-23)20(3)34)15-24(18)26(35)32-12-9-28(29,10-13-32)22-6-4-21(16-30)5-7-22;1-14-11-15(2)19(24)12-18(14)20(26)25-9-7-21(22,8-10-25)17-5-3-16(13-23)4-6-17;1-8(14)12-4-2-9(6-12)16-10(15)13-5-3-11-7-13;1-2;;/h4-7,14-15,23H,8-13,17H2,1-3H3,(H,31,36);3-6,11-12H,7-10,24H2,1-2H3;3,5,7,9H,2,4,6H2,1H3;1H3;1H;/i;;;2*1D;. The molecule has 2 atom stereocenters. The molecule has 4 saturated heterocycles. The molecule has 5 aromatic rings. The van der Waals surface area contributed by atoms with Crippen molar-refractivity contribution in [1.82, 2.24) is 29.2 Å². The van der Waals surface area contributed by atoms with Crippen LogP contribution in [0.3, 0.4) is 0 Å². The normalized spacial score (nSPS) is 17.5. The van der Waals surface area contributed by atoms with Crippen molar-refractivity contribution >= 4 is 55.6 Å². The van der Waals surface area contributed by atoms with E-state index in [4.69, 9.17) is 28.4 Å². The van der Waals surface area contributed by atoms with Crippen molar-refractivity contribution in [2.24, 2.45) is 0 Å². The van der Waals surface area contributed by atoms with Crippen LogP contribution in [0, 0.1) is 81.5 Å². The van der Waals surface area contributed by atoms with E-state index in [0.29, 0.717) is 96.9 Å². The number of nitrogens with zero attached hydrogens (tertiary/aromatic N) is 8. The van der Waals surface area contributed by atoms with Gasteiger partial charge in [0.05, 0.1) is 44.9 Å². The molecule has 0 spiro atoms. The van der Waals surface area contributed by atoms with Crippen molar-refractivity contribution in [3.8, 4) is 12.1 Å². The number of hydrogen-bond donors (Lipinski definition) is 2. The number of amides is 5. The smallest absolute Gasteiger partial charge is 0.419 e. The number of alkyl halides is 3. The van der Waals surface area contributed by atoms with E-state index < -0.39 is 30.7 Å². The van der Waals surface area contributed by atoms with E-state index in [9.17, 15) is 33.2 Å². The van der Waals surface area contributed by atoms with Crippen LogP contribution in [0.2, 0.25) is 0 Å². The van der Waals surface area contributed by atoms with Gasteiger partial charge >= 0.3 is 12.2 Å². The van der Waals surface area contributed by atoms with E-state index in [1.54, 1.807) is 80.3 Å². The third-order valence-electron chi connectivity index (χ3n) is 15.1. The molecule has 0 bridgehead atoms. The molecular weight excluding hydrogens is 1290 g/mol. The summed E-state index contributed by atoms with van der Waals surface area (Å²) in [7, 11) is 2.75. The Morgan fingerprint density at radius 1 is 0.675 bits per heavy atom. The van der Waals surface area contributed by atoms with Crippen LogP contribution in [0.4, 0.5) is 34.1 Å². The van der Waals surface area contributed by atoms with E-state index in [0.717, 1.165) is 22.3 Å². The number of rotatable bonds is 7. The Morgan fingerprint density at radius 3 is 1.49 bits per heavy atom. The van der Waals surface area contributed by atoms with Gasteiger partial charge in [0.1, 0.15) is 29.9 Å². The van der Waals surface area contributed by atoms with Crippen LogP contribution >= 0.6 is 0 Å². The zero-order chi connectivity index (χ0) is 61.9. The number of carbonyl (C=O) groups is 6. The number of nitrogen functional groups attached to an aromatic ring is 1. The molecule has 23 heteroatoms. The predicted octanol–water partition coefficient (Wildman–Crippen LogP) is 8.73. The predicted molar refractivity (Wildman–Crippen MR) is 304 cm³/mol. The Hall–Kier alpha value is -7.60. The summed E-state index contributed by atoms with van der Waals surface area (Å²) in [6.07, 6.45) is 4.83. The number of nitrogens with two attached hydrogens (primary N) is 1. The first-order valence-corrected chi connectivity index (χ1v) is 26.5. The third kappa shape index (κ3) is 17.5. The summed E-state index contributed by atoms with van der Waals surface area (Å²) < 4.78 is 63.7. The summed E-state index contributed by atoms with van der Waals surface area (Å²) in [5.74, 6) is -0.357. The number of anilines is 2. The van der Waals surface area contributed by atoms with E-state index in [-0.39, 0.29) is 106 Å². The number of hydrogen-bond acceptors (Lipinski definition) is 12. The Morgan fingerprint density at radius 2 is 1.10 bits per heavy atom. The van der Waals surface area contributed by atoms with Gasteiger partial charge in [-0.2, -0.15) is 10.5 Å². The minimum Gasteiger partial charge on any atom is -0.444 e. The average Bonchev–Trinajstić information content (AvgIpc) is 4.22. The fourth-order valence-electron chi connectivity index (χ4n) is 10.1. The van der Waals surface area contributed by atoms with Crippen LogP contribution in [0.25, 0.3) is 0 Å². The van der Waals surface area contributed by atoms with Crippen molar-refractivity contribution in [2.45, 2.75) is 104 Å². The molecule has 1 aromatic heterocycles. The molecule has 4 aromatic carbocycles. The topological polar surface area (TPSA) is 237 Å². The molecule has 3 N–H and O–H groups in total. The van der Waals surface area contributed by atoms with Crippen LogP contribution in [0.5, 0.6) is 0 Å². The van der Waals surface area contributed by atoms with Gasteiger partial charge in [-0.3, -0.25) is 28.9 Å². The van der Waals surface area contributed by atoms with Crippen molar-refractivity contribution in [3.05, 3.63) is 147 Å². The molecule has 4 aliphatic heterocycles. The number of nitrogens with one attached hydrogen (secondary N) is 1. The summed E-state index contributed by atoms with van der Waals surface area (Å²) in [4.78, 5) is 83.2. The number of carbonyl (C=O) groups excluding carboxylic acids is 6. The Kier molecular flexibility index (Phi) is 23.8. The van der Waals surface area contributed by atoms with Crippen LogP contribution < -0.4 is 11.1 Å². The monoisotopic (exact) mass is 1370 g/mol. The fraction of sp³-hybridized carbons (Fsp3) is 0.417. The summed E-state index contributed by atoms with van der Waals surface area (Å²) in [5, 5.41) is 20.6. The number of piperidine rings is 2. The first-order chi connectivity index (χ1) is 40.0. The Bertz CT molecular complexity index is 3190. The second-order valence-electron chi connectivity index (χ2n) is 20.5. The molecule has 83 heavy (non-hydrogen) atoms. The summed E-state index contributed by atoms with van der Waals surface area (Å²) in [6.45, 7) is 13.7. The summed E-state index contributed by atoms with van der Waals surface area (Å²) in [6, 6.07) is 24.3. The fourth-order valence-corrected chi connectivity index (χ4v) is 10.1. The largest absolute Gasteiger partial charge is 0.444 e. The van der Waals surface area contributed by atoms with Gasteiger partial charge in [-0.05, 0) is 98.8 Å². The first-order valence-electron chi connectivity index (χ1n) is 27.8. The molecule has 436 valence electrons. The number of benzene rings is 4. The number of imidazole rings is 1. The number of nitriles is 2. The number of halogens is 3. The summed E-state index contributed by atoms with van der Waals surface area (Å²) in [5.41, 5.74) is 10.4. The van der Waals surface area contributed by atoms with E-state index in [1.807, 2.05) is 52.0 Å². The number of ether oxygens (including phenoxy) is 2. The molecule has 4 fully saturated rings. The maximum Gasteiger partial charge on any atom is 0.419 e. The Balaban J connectivity index is 0.000000280. The van der Waals surface area contributed by atoms with Crippen molar-refractivity contribution in [2.75, 3.05) is 70.6 Å². The average molecular weight is 1370 g/mol. The van der Waals surface area contributed by atoms with Crippen LogP contribution in [-0.4, -0.2) is 146 Å². The molecule has 4 aliphatic rings. The molecular formula is C60H70BF3N10O8U. The van der Waals surface area contributed by atoms with Crippen LogP contribution in [-0.2, 0) is 30.4 Å². The zero-order valence-electron chi connectivity index (χ0n) is 49.6. The molecule has 5 heterocycles. The minimum absolute atomic E-state index is 0. The van der Waals surface area contributed by atoms with Gasteiger partial charge < -0.3 is 34.8 Å². The zero-order valence-corrected chi connectivity index (χ0v) is 51.7. The summed E-state index contributed by atoms with van der Waals surface area (Å²) >= 11 is 0. The van der Waals surface area contributed by atoms with Gasteiger partial charge in [0, 0.05) is 166 Å². The van der Waals surface area contributed by atoms with Gasteiger partial charge in [-0.1, -0.05) is 36.4 Å². The van der Waals surface area contributed by atoms with Crippen LogP contribution in [0.15, 0.2) is 91.5 Å². The maximum absolute atomic E-state index is 15.7. The number of aryl methyl sites for hydroxylation is 4. The van der Waals surface area contributed by atoms with Crippen molar-refractivity contribution < 1.29 is 83.9 Å². The third-order valence-corrected chi connectivity index (χ3v) is 15.1. The van der Waals surface area contributed by atoms with Gasteiger partial charge in [-0.25, -0.2) is 27.9 Å². The molecule has 5 amide bonds. The van der Waals surface area contributed by atoms with Crippen LogP contribution in [0.1, 0.15) is 119 Å². The molecule has 18 nitrogen and oxygen atoms in total. The molecule has 9 rings (SSSR count). The SMILES string of the molecule is CC(=O)N1CCC(OC(=O)Nc2cc(C(=O)N3CCC(F)(c4ccc(C#N)cc4)CC3)c(C)cc2C)C1.CC(=O)N1CCC(OC(=O)n2ccnc2)C1.Cc1cc(C)c(C(=O)N2CCC(F)(c3ccc(C#N)cc3)CC2)cc1N.[2H]CF.[2H][B].[U]. The first kappa shape index (κ1) is 64.6. The molecule has 0 aliphatic carbocycles. The Labute approximate surface area is 511 Å². The maximum atomic E-state index is 15.7.